The summed E-state index contributed by atoms with van der Waals surface area (Å²) in [6.07, 6.45) is 0.174. The van der Waals surface area contributed by atoms with Gasteiger partial charge in [0.25, 0.3) is 5.91 Å². The Bertz CT molecular complexity index is 851. The number of carbonyl (C=O) groups is 2. The Morgan fingerprint density at radius 1 is 0.971 bits per heavy atom. The zero-order valence-electron chi connectivity index (χ0n) is 21.1. The third-order valence-electron chi connectivity index (χ3n) is 5.07. The van der Waals surface area contributed by atoms with Gasteiger partial charge in [-0.1, -0.05) is 67.9 Å². The fraction of sp³-hybridized carbons (Fsp3) is 0.481. The van der Waals surface area contributed by atoms with Crippen molar-refractivity contribution in [2.45, 2.75) is 59.6 Å². The van der Waals surface area contributed by atoms with Gasteiger partial charge in [-0.3, -0.25) is 9.59 Å². The fourth-order valence-corrected chi connectivity index (χ4v) is 3.19. The Balaban J connectivity index is 0.000000700. The van der Waals surface area contributed by atoms with Gasteiger partial charge in [0.05, 0.1) is 12.1 Å². The summed E-state index contributed by atoms with van der Waals surface area (Å²) < 4.78 is 5.58. The number of para-hydroxylation sites is 1. The third-order valence-corrected chi connectivity index (χ3v) is 5.07. The molecule has 5 N–H and O–H groups in total. The van der Waals surface area contributed by atoms with E-state index in [-0.39, 0.29) is 25.0 Å². The maximum atomic E-state index is 11.9. The Kier molecular flexibility index (Phi) is 13.6. The minimum absolute atomic E-state index is 0.0808. The van der Waals surface area contributed by atoms with Gasteiger partial charge in [-0.15, -0.1) is 0 Å². The molecule has 2 amide bonds. The van der Waals surface area contributed by atoms with Crippen LogP contribution in [0.1, 0.15) is 43.4 Å². The Hall–Kier alpha value is -2.90. The first-order valence-corrected chi connectivity index (χ1v) is 11.8. The number of aliphatic hydroxyl groups excluding tert-OH is 1. The SMILES string of the molecule is Cc1cccc(C)c1OCC(=O)NCCC(O)CNC(=O)C(N)CC(C)C.Cc1ccccc1. The summed E-state index contributed by atoms with van der Waals surface area (Å²) in [5, 5.41) is 15.2. The van der Waals surface area contributed by atoms with Crippen LogP contribution >= 0.6 is 0 Å². The average Bonchev–Trinajstić information content (AvgIpc) is 2.77. The largest absolute Gasteiger partial charge is 0.483 e. The minimum Gasteiger partial charge on any atom is -0.483 e. The monoisotopic (exact) mass is 471 g/mol. The highest BCUT2D eigenvalue weighted by Gasteiger charge is 2.16. The van der Waals surface area contributed by atoms with Crippen molar-refractivity contribution in [3.05, 3.63) is 65.2 Å². The molecule has 34 heavy (non-hydrogen) atoms. The first-order valence-electron chi connectivity index (χ1n) is 11.8. The fourth-order valence-electron chi connectivity index (χ4n) is 3.19. The molecule has 0 aliphatic carbocycles. The van der Waals surface area contributed by atoms with E-state index >= 15 is 0 Å². The molecule has 0 aromatic heterocycles. The first-order chi connectivity index (χ1) is 16.1. The first kappa shape index (κ1) is 29.1. The molecule has 7 nitrogen and oxygen atoms in total. The van der Waals surface area contributed by atoms with Gasteiger partial charge in [0.15, 0.2) is 6.61 Å². The summed E-state index contributed by atoms with van der Waals surface area (Å²) in [5.41, 5.74) is 9.06. The minimum atomic E-state index is -0.750. The molecule has 0 heterocycles. The van der Waals surface area contributed by atoms with Gasteiger partial charge in [0.2, 0.25) is 5.91 Å². The van der Waals surface area contributed by atoms with Crippen molar-refractivity contribution in [2.75, 3.05) is 19.7 Å². The quantitative estimate of drug-likeness (QED) is 0.402. The number of hydrogen-bond acceptors (Lipinski definition) is 5. The van der Waals surface area contributed by atoms with Gasteiger partial charge in [0.1, 0.15) is 5.75 Å². The number of amides is 2. The highest BCUT2D eigenvalue weighted by atomic mass is 16.5. The highest BCUT2D eigenvalue weighted by molar-refractivity contribution is 5.81. The molecule has 0 saturated heterocycles. The molecule has 2 aromatic carbocycles. The van der Waals surface area contributed by atoms with Crippen LogP contribution in [0.4, 0.5) is 0 Å². The second-order valence-electron chi connectivity index (χ2n) is 8.94. The molecule has 0 saturated carbocycles. The number of ether oxygens (including phenoxy) is 1. The number of nitrogens with two attached hydrogens (primary N) is 1. The molecule has 2 aromatic rings. The second kappa shape index (κ2) is 15.9. The molecule has 0 spiro atoms. The molecule has 2 rings (SSSR count). The Morgan fingerprint density at radius 3 is 2.12 bits per heavy atom. The van der Waals surface area contributed by atoms with Crippen molar-refractivity contribution >= 4 is 11.8 Å². The molecule has 2 unspecified atom stereocenters. The van der Waals surface area contributed by atoms with Gasteiger partial charge in [0, 0.05) is 13.1 Å². The van der Waals surface area contributed by atoms with Gasteiger partial charge in [-0.2, -0.15) is 0 Å². The Morgan fingerprint density at radius 2 is 1.59 bits per heavy atom. The van der Waals surface area contributed by atoms with Gasteiger partial charge >= 0.3 is 0 Å². The summed E-state index contributed by atoms with van der Waals surface area (Å²) in [4.78, 5) is 23.7. The van der Waals surface area contributed by atoms with E-state index < -0.39 is 12.1 Å². The summed E-state index contributed by atoms with van der Waals surface area (Å²) in [5.74, 6) is 0.520. The van der Waals surface area contributed by atoms with Crippen LogP contribution in [0.5, 0.6) is 5.75 Å². The van der Waals surface area contributed by atoms with E-state index in [2.05, 4.69) is 29.7 Å². The van der Waals surface area contributed by atoms with Crippen molar-refractivity contribution in [1.29, 1.82) is 0 Å². The van der Waals surface area contributed by atoms with E-state index in [1.807, 2.05) is 64.1 Å². The lowest BCUT2D eigenvalue weighted by Gasteiger charge is -2.17. The number of aliphatic hydroxyl groups is 1. The van der Waals surface area contributed by atoms with Crippen molar-refractivity contribution in [2.24, 2.45) is 11.7 Å². The van der Waals surface area contributed by atoms with Crippen molar-refractivity contribution in [1.82, 2.24) is 10.6 Å². The van der Waals surface area contributed by atoms with Gasteiger partial charge in [-0.05, 0) is 50.7 Å². The maximum absolute atomic E-state index is 11.9. The molecule has 2 atom stereocenters. The second-order valence-corrected chi connectivity index (χ2v) is 8.94. The number of carbonyl (C=O) groups excluding carboxylic acids is 2. The molecule has 188 valence electrons. The van der Waals surface area contributed by atoms with Crippen molar-refractivity contribution < 1.29 is 19.4 Å². The highest BCUT2D eigenvalue weighted by Crippen LogP contribution is 2.21. The molecular formula is C27H41N3O4. The van der Waals surface area contributed by atoms with E-state index in [0.717, 1.165) is 11.1 Å². The average molecular weight is 472 g/mol. The normalized spacial score (nSPS) is 12.2. The van der Waals surface area contributed by atoms with E-state index in [9.17, 15) is 14.7 Å². The number of aryl methyl sites for hydroxylation is 3. The van der Waals surface area contributed by atoms with E-state index in [1.165, 1.54) is 5.56 Å². The van der Waals surface area contributed by atoms with Crippen LogP contribution < -0.4 is 21.1 Å². The summed E-state index contributed by atoms with van der Waals surface area (Å²) in [6, 6.07) is 15.5. The number of benzene rings is 2. The molecule has 0 aliphatic rings. The topological polar surface area (TPSA) is 114 Å². The third kappa shape index (κ3) is 12.4. The van der Waals surface area contributed by atoms with Crippen molar-refractivity contribution in [3.8, 4) is 5.75 Å². The molecular weight excluding hydrogens is 430 g/mol. The summed E-state index contributed by atoms with van der Waals surface area (Å²) in [7, 11) is 0. The van der Waals surface area contributed by atoms with Gasteiger partial charge in [-0.25, -0.2) is 0 Å². The van der Waals surface area contributed by atoms with Gasteiger partial charge < -0.3 is 26.2 Å². The van der Waals surface area contributed by atoms with Crippen LogP contribution in [0.15, 0.2) is 48.5 Å². The lowest BCUT2D eigenvalue weighted by molar-refractivity contribution is -0.124. The van der Waals surface area contributed by atoms with Crippen LogP contribution in [0.2, 0.25) is 0 Å². The van der Waals surface area contributed by atoms with E-state index in [4.69, 9.17) is 10.5 Å². The summed E-state index contributed by atoms with van der Waals surface area (Å²) >= 11 is 0. The summed E-state index contributed by atoms with van der Waals surface area (Å²) in [6.45, 7) is 10.3. The number of hydrogen-bond donors (Lipinski definition) is 4. The molecule has 0 fully saturated rings. The van der Waals surface area contributed by atoms with Crippen molar-refractivity contribution in [3.63, 3.8) is 0 Å². The van der Waals surface area contributed by atoms with Crippen LogP contribution in [-0.4, -0.2) is 48.8 Å². The van der Waals surface area contributed by atoms with Crippen LogP contribution in [0.3, 0.4) is 0 Å². The smallest absolute Gasteiger partial charge is 0.257 e. The molecule has 7 heteroatoms. The maximum Gasteiger partial charge on any atom is 0.257 e. The molecule has 0 aliphatic heterocycles. The lowest BCUT2D eigenvalue weighted by atomic mass is 10.0. The standard InChI is InChI=1S/C20H33N3O4.C7H8/c1-13(2)10-17(21)20(26)23-11-16(24)8-9-22-18(25)12-27-19-14(3)6-5-7-15(19)4;1-7-5-3-2-4-6-7/h5-7,13,16-17,24H,8-12,21H2,1-4H3,(H,22,25)(H,23,26);2-6H,1H3. The zero-order chi connectivity index (χ0) is 25.5. The van der Waals surface area contributed by atoms with Crippen LogP contribution in [-0.2, 0) is 9.59 Å². The predicted octanol–water partition coefficient (Wildman–Crippen LogP) is 3.03. The van der Waals surface area contributed by atoms with Crippen LogP contribution in [0.25, 0.3) is 0 Å². The number of rotatable bonds is 11. The molecule has 0 radical (unpaired) electrons. The lowest BCUT2D eigenvalue weighted by Crippen LogP contribution is -2.44. The Labute approximate surface area is 204 Å². The zero-order valence-corrected chi connectivity index (χ0v) is 21.1. The van der Waals surface area contributed by atoms with E-state index in [0.29, 0.717) is 31.1 Å². The predicted molar refractivity (Wildman–Crippen MR) is 137 cm³/mol. The molecule has 0 bridgehead atoms. The number of nitrogens with one attached hydrogen (secondary N) is 2. The van der Waals surface area contributed by atoms with Crippen LogP contribution in [0, 0.1) is 26.7 Å². The van der Waals surface area contributed by atoms with E-state index in [1.54, 1.807) is 0 Å².